The summed E-state index contributed by atoms with van der Waals surface area (Å²) < 4.78 is 5.41. The molecule has 3 heteroatoms. The molecule has 72 valence electrons. The van der Waals surface area contributed by atoms with E-state index in [0.717, 1.165) is 31.7 Å². The number of furan rings is 1. The molecular weight excluding hydrogens is 164 g/mol. The van der Waals surface area contributed by atoms with Crippen LogP contribution in [-0.4, -0.2) is 19.1 Å². The summed E-state index contributed by atoms with van der Waals surface area (Å²) in [6, 6.07) is 4.52. The number of rotatable bonds is 3. The zero-order chi connectivity index (χ0) is 9.10. The zero-order valence-corrected chi connectivity index (χ0v) is 7.70. The third kappa shape index (κ3) is 1.76. The van der Waals surface area contributed by atoms with Crippen molar-refractivity contribution in [1.29, 1.82) is 0 Å². The van der Waals surface area contributed by atoms with E-state index in [1.807, 2.05) is 6.07 Å². The predicted molar refractivity (Wildman–Crippen MR) is 51.5 cm³/mol. The van der Waals surface area contributed by atoms with Crippen molar-refractivity contribution in [2.24, 2.45) is 5.73 Å². The van der Waals surface area contributed by atoms with Gasteiger partial charge in [0.2, 0.25) is 0 Å². The van der Waals surface area contributed by atoms with E-state index >= 15 is 0 Å². The Kier molecular flexibility index (Phi) is 2.66. The molecule has 13 heavy (non-hydrogen) atoms. The second kappa shape index (κ2) is 3.94. The lowest BCUT2D eigenvalue weighted by Gasteiger charge is -2.16. The number of nitrogens with one attached hydrogen (secondary N) is 1. The van der Waals surface area contributed by atoms with Crippen LogP contribution < -0.4 is 11.1 Å². The monoisotopic (exact) mass is 180 g/mol. The number of hydrogen-bond donors (Lipinski definition) is 2. The lowest BCUT2D eigenvalue weighted by atomic mass is 9.95. The van der Waals surface area contributed by atoms with Crippen molar-refractivity contribution < 1.29 is 4.42 Å². The van der Waals surface area contributed by atoms with Gasteiger partial charge in [0.05, 0.1) is 6.26 Å². The Hall–Kier alpha value is -0.800. The van der Waals surface area contributed by atoms with E-state index < -0.39 is 0 Å². The van der Waals surface area contributed by atoms with Crippen LogP contribution >= 0.6 is 0 Å². The normalized spacial score (nSPS) is 28.1. The van der Waals surface area contributed by atoms with E-state index in [1.54, 1.807) is 6.26 Å². The summed E-state index contributed by atoms with van der Waals surface area (Å²) in [6.07, 6.45) is 3.94. The minimum absolute atomic E-state index is 0.510. The molecule has 1 fully saturated rings. The quantitative estimate of drug-likeness (QED) is 0.731. The maximum Gasteiger partial charge on any atom is 0.108 e. The third-order valence-corrected chi connectivity index (χ3v) is 2.73. The molecule has 0 radical (unpaired) electrons. The van der Waals surface area contributed by atoms with Gasteiger partial charge >= 0.3 is 0 Å². The maximum atomic E-state index is 5.55. The highest BCUT2D eigenvalue weighted by molar-refractivity contribution is 5.11. The predicted octanol–water partition coefficient (Wildman–Crippen LogP) is 1.07. The first-order chi connectivity index (χ1) is 6.42. The van der Waals surface area contributed by atoms with Gasteiger partial charge in [-0.15, -0.1) is 0 Å². The van der Waals surface area contributed by atoms with E-state index in [-0.39, 0.29) is 0 Å². The molecule has 1 aliphatic rings. The van der Waals surface area contributed by atoms with Crippen molar-refractivity contribution in [3.63, 3.8) is 0 Å². The van der Waals surface area contributed by atoms with Gasteiger partial charge in [0.1, 0.15) is 5.76 Å². The summed E-state index contributed by atoms with van der Waals surface area (Å²) in [7, 11) is 0. The van der Waals surface area contributed by atoms with Crippen LogP contribution in [0.2, 0.25) is 0 Å². The molecule has 0 spiro atoms. The van der Waals surface area contributed by atoms with Crippen molar-refractivity contribution in [2.75, 3.05) is 13.1 Å². The molecule has 0 bridgehead atoms. The zero-order valence-electron chi connectivity index (χ0n) is 7.70. The molecule has 0 aromatic carbocycles. The fourth-order valence-electron chi connectivity index (χ4n) is 2.09. The van der Waals surface area contributed by atoms with Crippen molar-refractivity contribution in [3.05, 3.63) is 24.2 Å². The lowest BCUT2D eigenvalue weighted by molar-refractivity contribution is 0.419. The molecule has 0 aliphatic carbocycles. The molecule has 0 saturated carbocycles. The largest absolute Gasteiger partial charge is 0.469 e. The van der Waals surface area contributed by atoms with E-state index in [0.29, 0.717) is 12.0 Å². The van der Waals surface area contributed by atoms with Crippen LogP contribution in [0.1, 0.15) is 24.5 Å². The smallest absolute Gasteiger partial charge is 0.108 e. The summed E-state index contributed by atoms with van der Waals surface area (Å²) >= 11 is 0. The van der Waals surface area contributed by atoms with Gasteiger partial charge in [-0.05, 0) is 38.1 Å². The molecule has 3 nitrogen and oxygen atoms in total. The van der Waals surface area contributed by atoms with Gasteiger partial charge in [0.15, 0.2) is 0 Å². The fourth-order valence-corrected chi connectivity index (χ4v) is 2.09. The molecule has 1 aromatic heterocycles. The van der Waals surface area contributed by atoms with E-state index in [2.05, 4.69) is 11.4 Å². The summed E-state index contributed by atoms with van der Waals surface area (Å²) in [5.41, 5.74) is 5.55. The Balaban J connectivity index is 2.05. The molecule has 2 unspecified atom stereocenters. The molecular formula is C10H16N2O. The molecule has 2 atom stereocenters. The van der Waals surface area contributed by atoms with Crippen molar-refractivity contribution in [3.8, 4) is 0 Å². The highest BCUT2D eigenvalue weighted by atomic mass is 16.3. The van der Waals surface area contributed by atoms with E-state index in [4.69, 9.17) is 10.2 Å². The van der Waals surface area contributed by atoms with Gasteiger partial charge in [-0.1, -0.05) is 0 Å². The molecule has 2 heterocycles. The Labute approximate surface area is 78.3 Å². The Morgan fingerprint density at radius 3 is 3.23 bits per heavy atom. The standard InChI is InChI=1S/C10H16N2O/c11-5-3-9-8(4-6-12-9)10-2-1-7-13-10/h1-2,7-9,12H,3-6,11H2. The van der Waals surface area contributed by atoms with Crippen LogP contribution in [-0.2, 0) is 0 Å². The molecule has 2 rings (SSSR count). The SMILES string of the molecule is NCCC1NCCC1c1ccco1. The van der Waals surface area contributed by atoms with Crippen molar-refractivity contribution in [1.82, 2.24) is 5.32 Å². The van der Waals surface area contributed by atoms with E-state index in [1.165, 1.54) is 0 Å². The summed E-state index contributed by atoms with van der Waals surface area (Å²) in [6.45, 7) is 1.82. The molecule has 0 amide bonds. The Morgan fingerprint density at radius 1 is 1.62 bits per heavy atom. The second-order valence-corrected chi connectivity index (χ2v) is 3.55. The van der Waals surface area contributed by atoms with Crippen LogP contribution in [0.3, 0.4) is 0 Å². The molecule has 1 aromatic rings. The average Bonchev–Trinajstić information content (AvgIpc) is 2.71. The van der Waals surface area contributed by atoms with Gasteiger partial charge in [-0.3, -0.25) is 0 Å². The van der Waals surface area contributed by atoms with Crippen LogP contribution in [0.25, 0.3) is 0 Å². The summed E-state index contributed by atoms with van der Waals surface area (Å²) in [4.78, 5) is 0. The van der Waals surface area contributed by atoms with E-state index in [9.17, 15) is 0 Å². The van der Waals surface area contributed by atoms with Gasteiger partial charge in [0, 0.05) is 12.0 Å². The minimum Gasteiger partial charge on any atom is -0.469 e. The number of hydrogen-bond acceptors (Lipinski definition) is 3. The van der Waals surface area contributed by atoms with Crippen LogP contribution in [0.4, 0.5) is 0 Å². The van der Waals surface area contributed by atoms with Gasteiger partial charge in [-0.25, -0.2) is 0 Å². The van der Waals surface area contributed by atoms with Gasteiger partial charge in [0.25, 0.3) is 0 Å². The van der Waals surface area contributed by atoms with Gasteiger partial charge in [-0.2, -0.15) is 0 Å². The fraction of sp³-hybridized carbons (Fsp3) is 0.600. The minimum atomic E-state index is 0.510. The maximum absolute atomic E-state index is 5.55. The van der Waals surface area contributed by atoms with Crippen molar-refractivity contribution >= 4 is 0 Å². The topological polar surface area (TPSA) is 51.2 Å². The highest BCUT2D eigenvalue weighted by Gasteiger charge is 2.29. The number of nitrogens with two attached hydrogens (primary N) is 1. The highest BCUT2D eigenvalue weighted by Crippen LogP contribution is 2.29. The Morgan fingerprint density at radius 2 is 2.54 bits per heavy atom. The second-order valence-electron chi connectivity index (χ2n) is 3.55. The summed E-state index contributed by atoms with van der Waals surface area (Å²) in [5, 5.41) is 3.46. The van der Waals surface area contributed by atoms with Crippen LogP contribution in [0.5, 0.6) is 0 Å². The van der Waals surface area contributed by atoms with Crippen LogP contribution in [0, 0.1) is 0 Å². The lowest BCUT2D eigenvalue weighted by Crippen LogP contribution is -2.28. The van der Waals surface area contributed by atoms with Crippen LogP contribution in [0.15, 0.2) is 22.8 Å². The molecule has 1 aliphatic heterocycles. The van der Waals surface area contributed by atoms with Crippen molar-refractivity contribution in [2.45, 2.75) is 24.8 Å². The first-order valence-electron chi connectivity index (χ1n) is 4.88. The molecule has 1 saturated heterocycles. The average molecular weight is 180 g/mol. The summed E-state index contributed by atoms with van der Waals surface area (Å²) in [5.74, 6) is 1.63. The first kappa shape index (κ1) is 8.78. The van der Waals surface area contributed by atoms with Gasteiger partial charge < -0.3 is 15.5 Å². The molecule has 3 N–H and O–H groups in total. The third-order valence-electron chi connectivity index (χ3n) is 2.73. The Bertz CT molecular complexity index is 245. The first-order valence-corrected chi connectivity index (χ1v) is 4.88.